The molecular formula is C18H25N5O2. The van der Waals surface area contributed by atoms with E-state index in [0.717, 1.165) is 37.2 Å². The van der Waals surface area contributed by atoms with Gasteiger partial charge in [-0.3, -0.25) is 9.48 Å². The Morgan fingerprint density at radius 1 is 1.40 bits per heavy atom. The zero-order chi connectivity index (χ0) is 17.5. The maximum Gasteiger partial charge on any atom is 0.222 e. The Morgan fingerprint density at radius 2 is 2.32 bits per heavy atom. The number of carbonyl (C=O) groups is 1. The number of morpholine rings is 1. The van der Waals surface area contributed by atoms with Gasteiger partial charge in [0.2, 0.25) is 5.91 Å². The number of hydrogen-bond donors (Lipinski definition) is 0. The fourth-order valence-corrected chi connectivity index (χ4v) is 3.06. The molecule has 7 heteroatoms. The van der Waals surface area contributed by atoms with E-state index in [2.05, 4.69) is 15.1 Å². The molecule has 2 aromatic rings. The highest BCUT2D eigenvalue weighted by Crippen LogP contribution is 2.13. The van der Waals surface area contributed by atoms with Crippen molar-refractivity contribution in [3.63, 3.8) is 0 Å². The first-order chi connectivity index (χ1) is 12.2. The summed E-state index contributed by atoms with van der Waals surface area (Å²) in [5, 5.41) is 4.16. The second kappa shape index (κ2) is 8.71. The van der Waals surface area contributed by atoms with Crippen LogP contribution < -0.4 is 0 Å². The van der Waals surface area contributed by atoms with Crippen molar-refractivity contribution in [3.05, 3.63) is 42.2 Å². The third kappa shape index (κ3) is 5.35. The summed E-state index contributed by atoms with van der Waals surface area (Å²) < 4.78 is 7.68. The molecule has 0 aliphatic carbocycles. The smallest absolute Gasteiger partial charge is 0.222 e. The van der Waals surface area contributed by atoms with Crippen LogP contribution in [0.5, 0.6) is 0 Å². The van der Waals surface area contributed by atoms with Gasteiger partial charge in [-0.1, -0.05) is 0 Å². The van der Waals surface area contributed by atoms with Crippen LogP contribution in [0.4, 0.5) is 0 Å². The number of aryl methyl sites for hydroxylation is 3. The Labute approximate surface area is 148 Å². The van der Waals surface area contributed by atoms with Crippen LogP contribution in [-0.4, -0.2) is 56.4 Å². The lowest BCUT2D eigenvalue weighted by Crippen LogP contribution is -2.45. The molecule has 3 heterocycles. The first-order valence-electron chi connectivity index (χ1n) is 8.85. The molecule has 1 aliphatic rings. The van der Waals surface area contributed by atoms with Gasteiger partial charge in [0.05, 0.1) is 12.7 Å². The van der Waals surface area contributed by atoms with Crippen LogP contribution in [0.1, 0.15) is 30.7 Å². The minimum atomic E-state index is 0.0825. The van der Waals surface area contributed by atoms with Gasteiger partial charge in [-0.2, -0.15) is 5.10 Å². The number of carbonyl (C=O) groups excluding carboxylic acids is 1. The Hall–Kier alpha value is -2.28. The molecule has 1 unspecified atom stereocenters. The molecular weight excluding hydrogens is 318 g/mol. The van der Waals surface area contributed by atoms with Gasteiger partial charge in [-0.25, -0.2) is 9.97 Å². The number of ether oxygens (including phenoxy) is 1. The third-order valence-corrected chi connectivity index (χ3v) is 4.41. The molecule has 1 fully saturated rings. The van der Waals surface area contributed by atoms with E-state index in [4.69, 9.17) is 4.74 Å². The van der Waals surface area contributed by atoms with Gasteiger partial charge in [0.15, 0.2) is 0 Å². The van der Waals surface area contributed by atoms with E-state index >= 15 is 0 Å². The fourth-order valence-electron chi connectivity index (χ4n) is 3.06. The molecule has 2 aromatic heterocycles. The first-order valence-corrected chi connectivity index (χ1v) is 8.85. The summed E-state index contributed by atoms with van der Waals surface area (Å²) in [5.74, 6) is 0.207. The predicted molar refractivity (Wildman–Crippen MR) is 92.9 cm³/mol. The Kier molecular flexibility index (Phi) is 6.11. The van der Waals surface area contributed by atoms with Crippen LogP contribution in [0, 0.1) is 6.92 Å². The van der Waals surface area contributed by atoms with Gasteiger partial charge in [0, 0.05) is 49.8 Å². The molecule has 0 aromatic carbocycles. The Bertz CT molecular complexity index is 674. The lowest BCUT2D eigenvalue weighted by Gasteiger charge is -2.33. The van der Waals surface area contributed by atoms with Gasteiger partial charge >= 0.3 is 0 Å². The number of aromatic nitrogens is 4. The van der Waals surface area contributed by atoms with Gasteiger partial charge in [-0.15, -0.1) is 0 Å². The highest BCUT2D eigenvalue weighted by atomic mass is 16.5. The maximum absolute atomic E-state index is 12.4. The summed E-state index contributed by atoms with van der Waals surface area (Å²) in [7, 11) is 0. The largest absolute Gasteiger partial charge is 0.375 e. The summed E-state index contributed by atoms with van der Waals surface area (Å²) >= 11 is 0. The highest BCUT2D eigenvalue weighted by molar-refractivity contribution is 5.76. The maximum atomic E-state index is 12.4. The van der Waals surface area contributed by atoms with Crippen LogP contribution >= 0.6 is 0 Å². The second-order valence-corrected chi connectivity index (χ2v) is 6.39. The van der Waals surface area contributed by atoms with Crippen molar-refractivity contribution in [2.24, 2.45) is 0 Å². The van der Waals surface area contributed by atoms with Crippen LogP contribution in [0.2, 0.25) is 0 Å². The van der Waals surface area contributed by atoms with Gasteiger partial charge in [0.25, 0.3) is 0 Å². The zero-order valence-electron chi connectivity index (χ0n) is 14.7. The number of rotatable bonds is 7. The van der Waals surface area contributed by atoms with E-state index in [1.807, 2.05) is 34.8 Å². The monoisotopic (exact) mass is 343 g/mol. The van der Waals surface area contributed by atoms with E-state index in [9.17, 15) is 4.79 Å². The molecule has 25 heavy (non-hydrogen) atoms. The molecule has 7 nitrogen and oxygen atoms in total. The Balaban J connectivity index is 1.41. The van der Waals surface area contributed by atoms with Crippen molar-refractivity contribution in [2.45, 2.75) is 45.3 Å². The van der Waals surface area contributed by atoms with Crippen LogP contribution in [0.15, 0.2) is 30.9 Å². The molecule has 3 rings (SSSR count). The van der Waals surface area contributed by atoms with Crippen molar-refractivity contribution >= 4 is 5.91 Å². The summed E-state index contributed by atoms with van der Waals surface area (Å²) in [4.78, 5) is 22.7. The van der Waals surface area contributed by atoms with Crippen LogP contribution in [-0.2, 0) is 22.5 Å². The van der Waals surface area contributed by atoms with E-state index in [1.54, 1.807) is 12.5 Å². The predicted octanol–water partition coefficient (Wildman–Crippen LogP) is 1.62. The highest BCUT2D eigenvalue weighted by Gasteiger charge is 2.23. The third-order valence-electron chi connectivity index (χ3n) is 4.41. The average molecular weight is 343 g/mol. The first kappa shape index (κ1) is 17.5. The summed E-state index contributed by atoms with van der Waals surface area (Å²) in [6.07, 6.45) is 8.43. The second-order valence-electron chi connectivity index (χ2n) is 6.39. The van der Waals surface area contributed by atoms with E-state index in [1.165, 1.54) is 0 Å². The van der Waals surface area contributed by atoms with Crippen molar-refractivity contribution in [2.75, 3.05) is 19.7 Å². The molecule has 1 saturated heterocycles. The number of hydrogen-bond acceptors (Lipinski definition) is 5. The molecule has 1 atom stereocenters. The van der Waals surface area contributed by atoms with Crippen LogP contribution in [0.25, 0.3) is 0 Å². The molecule has 1 aliphatic heterocycles. The normalized spacial score (nSPS) is 17.6. The Morgan fingerprint density at radius 3 is 3.12 bits per heavy atom. The number of amides is 1. The topological polar surface area (TPSA) is 73.1 Å². The lowest BCUT2D eigenvalue weighted by molar-refractivity contribution is -0.139. The summed E-state index contributed by atoms with van der Waals surface area (Å²) in [6, 6.07) is 3.90. The fraction of sp³-hybridized carbons (Fsp3) is 0.556. The SMILES string of the molecule is Cc1cc(CCC2CN(C(=O)CCCn3cccn3)CCO2)ncn1. The van der Waals surface area contributed by atoms with Crippen LogP contribution in [0.3, 0.4) is 0 Å². The van der Waals surface area contributed by atoms with Gasteiger partial charge in [-0.05, 0) is 38.3 Å². The average Bonchev–Trinajstić information content (AvgIpc) is 3.14. The van der Waals surface area contributed by atoms with Gasteiger partial charge < -0.3 is 9.64 Å². The molecule has 0 spiro atoms. The summed E-state index contributed by atoms with van der Waals surface area (Å²) in [6.45, 7) is 4.71. The molecule has 0 saturated carbocycles. The minimum absolute atomic E-state index is 0.0825. The van der Waals surface area contributed by atoms with E-state index < -0.39 is 0 Å². The molecule has 0 bridgehead atoms. The van der Waals surface area contributed by atoms with Crippen molar-refractivity contribution in [1.82, 2.24) is 24.6 Å². The molecule has 0 radical (unpaired) electrons. The van der Waals surface area contributed by atoms with E-state index in [-0.39, 0.29) is 12.0 Å². The molecule has 0 N–H and O–H groups in total. The molecule has 1 amide bonds. The van der Waals surface area contributed by atoms with Crippen molar-refractivity contribution < 1.29 is 9.53 Å². The summed E-state index contributed by atoms with van der Waals surface area (Å²) in [5.41, 5.74) is 2.00. The number of nitrogens with zero attached hydrogens (tertiary/aromatic N) is 5. The van der Waals surface area contributed by atoms with Crippen molar-refractivity contribution in [3.8, 4) is 0 Å². The van der Waals surface area contributed by atoms with Crippen molar-refractivity contribution in [1.29, 1.82) is 0 Å². The van der Waals surface area contributed by atoms with E-state index in [0.29, 0.717) is 26.1 Å². The molecule has 134 valence electrons. The van der Waals surface area contributed by atoms with Gasteiger partial charge in [0.1, 0.15) is 6.33 Å². The zero-order valence-corrected chi connectivity index (χ0v) is 14.7. The quantitative estimate of drug-likeness (QED) is 0.764. The minimum Gasteiger partial charge on any atom is -0.375 e. The lowest BCUT2D eigenvalue weighted by atomic mass is 10.1. The standard InChI is InChI=1S/C18H25N5O2/c1-15-12-16(20-14-19-15)5-6-17-13-22(10-11-25-17)18(24)4-2-8-23-9-3-7-21-23/h3,7,9,12,14,17H,2,4-6,8,10-11,13H2,1H3.